The van der Waals surface area contributed by atoms with Gasteiger partial charge in [-0.1, -0.05) is 35.9 Å². The summed E-state index contributed by atoms with van der Waals surface area (Å²) < 4.78 is 33.4. The van der Waals surface area contributed by atoms with Crippen LogP contribution in [-0.2, 0) is 10.0 Å². The summed E-state index contributed by atoms with van der Waals surface area (Å²) in [6, 6.07) is 22.5. The number of fused-ring (bicyclic) bond motifs is 2. The van der Waals surface area contributed by atoms with E-state index in [2.05, 4.69) is 11.1 Å². The summed E-state index contributed by atoms with van der Waals surface area (Å²) in [6.07, 6.45) is 3.28. The van der Waals surface area contributed by atoms with Gasteiger partial charge in [0.1, 0.15) is 5.75 Å². The zero-order chi connectivity index (χ0) is 21.6. The fourth-order valence-electron chi connectivity index (χ4n) is 3.79. The maximum Gasteiger partial charge on any atom is 0.269 e. The normalized spacial score (nSPS) is 11.8. The predicted molar refractivity (Wildman–Crippen MR) is 123 cm³/mol. The van der Waals surface area contributed by atoms with Crippen molar-refractivity contribution in [3.63, 3.8) is 0 Å². The van der Waals surface area contributed by atoms with E-state index >= 15 is 0 Å². The van der Waals surface area contributed by atoms with Crippen LogP contribution in [0.4, 0.5) is 0 Å². The van der Waals surface area contributed by atoms with E-state index in [0.717, 1.165) is 38.6 Å². The highest BCUT2D eigenvalue weighted by Gasteiger charge is 2.22. The SMILES string of the molecule is COc1ccc2cc(-c3cn(S(=O)(=O)c4ccc(C)cc4)c4ncccc34)ccc2c1. The zero-order valence-corrected chi connectivity index (χ0v) is 17.9. The van der Waals surface area contributed by atoms with Crippen molar-refractivity contribution in [3.05, 3.63) is 90.8 Å². The number of pyridine rings is 1. The van der Waals surface area contributed by atoms with Crippen LogP contribution >= 0.6 is 0 Å². The quantitative estimate of drug-likeness (QED) is 0.384. The zero-order valence-electron chi connectivity index (χ0n) is 17.1. The molecular formula is C25H20N2O3S. The van der Waals surface area contributed by atoms with Gasteiger partial charge in [-0.15, -0.1) is 0 Å². The van der Waals surface area contributed by atoms with Gasteiger partial charge in [-0.25, -0.2) is 17.4 Å². The minimum absolute atomic E-state index is 0.234. The summed E-state index contributed by atoms with van der Waals surface area (Å²) in [5.41, 5.74) is 3.15. The molecule has 0 saturated carbocycles. The Hall–Kier alpha value is -3.64. The van der Waals surface area contributed by atoms with Crippen LogP contribution in [-0.4, -0.2) is 24.5 Å². The van der Waals surface area contributed by atoms with Crippen molar-refractivity contribution in [1.29, 1.82) is 0 Å². The number of hydrogen-bond acceptors (Lipinski definition) is 4. The Morgan fingerprint density at radius 2 is 1.65 bits per heavy atom. The molecule has 6 heteroatoms. The van der Waals surface area contributed by atoms with Gasteiger partial charge < -0.3 is 4.74 Å². The fraction of sp³-hybridized carbons (Fsp3) is 0.0800. The molecule has 0 saturated heterocycles. The van der Waals surface area contributed by atoms with E-state index in [-0.39, 0.29) is 4.90 Å². The van der Waals surface area contributed by atoms with E-state index in [1.807, 2.05) is 49.4 Å². The Balaban J connectivity index is 1.71. The van der Waals surface area contributed by atoms with Crippen LogP contribution < -0.4 is 4.74 Å². The van der Waals surface area contributed by atoms with Gasteiger partial charge >= 0.3 is 0 Å². The van der Waals surface area contributed by atoms with Crippen molar-refractivity contribution in [1.82, 2.24) is 8.96 Å². The summed E-state index contributed by atoms with van der Waals surface area (Å²) >= 11 is 0. The standard InChI is InChI=1S/C25H20N2O3S/c1-17-5-11-22(12-6-17)31(28,29)27-16-24(23-4-3-13-26-25(23)27)20-8-7-19-15-21(30-2)10-9-18(19)14-20/h3-16H,1-2H3. The van der Waals surface area contributed by atoms with E-state index in [0.29, 0.717) is 5.65 Å². The Bertz CT molecular complexity index is 1530. The molecule has 0 spiro atoms. The minimum atomic E-state index is -3.78. The van der Waals surface area contributed by atoms with E-state index in [9.17, 15) is 8.42 Å². The third kappa shape index (κ3) is 3.25. The monoisotopic (exact) mass is 428 g/mol. The molecule has 0 aliphatic heterocycles. The third-order valence-corrected chi connectivity index (χ3v) is 7.13. The van der Waals surface area contributed by atoms with Crippen molar-refractivity contribution < 1.29 is 13.2 Å². The molecule has 0 amide bonds. The summed E-state index contributed by atoms with van der Waals surface area (Å²) in [5.74, 6) is 0.797. The minimum Gasteiger partial charge on any atom is -0.497 e. The summed E-state index contributed by atoms with van der Waals surface area (Å²) in [5, 5.41) is 2.88. The lowest BCUT2D eigenvalue weighted by Crippen LogP contribution is -2.12. The number of aryl methyl sites for hydroxylation is 1. The molecule has 5 rings (SSSR count). The number of rotatable bonds is 4. The lowest BCUT2D eigenvalue weighted by Gasteiger charge is -2.07. The number of ether oxygens (including phenoxy) is 1. The molecule has 2 heterocycles. The summed E-state index contributed by atoms with van der Waals surface area (Å²) in [4.78, 5) is 4.62. The van der Waals surface area contributed by atoms with Crippen molar-refractivity contribution in [2.24, 2.45) is 0 Å². The molecule has 5 nitrogen and oxygen atoms in total. The maximum absolute atomic E-state index is 13.4. The molecule has 2 aromatic heterocycles. The van der Waals surface area contributed by atoms with Crippen LogP contribution in [0.2, 0.25) is 0 Å². The number of benzene rings is 3. The second-order valence-electron chi connectivity index (χ2n) is 7.46. The van der Waals surface area contributed by atoms with E-state index in [1.54, 1.807) is 43.8 Å². The van der Waals surface area contributed by atoms with Crippen LogP contribution in [0.5, 0.6) is 5.75 Å². The molecule has 3 aromatic carbocycles. The van der Waals surface area contributed by atoms with Gasteiger partial charge in [-0.3, -0.25) is 0 Å². The molecule has 0 bridgehead atoms. The van der Waals surface area contributed by atoms with Gasteiger partial charge in [0.15, 0.2) is 5.65 Å². The molecular weight excluding hydrogens is 408 g/mol. The lowest BCUT2D eigenvalue weighted by molar-refractivity contribution is 0.415. The van der Waals surface area contributed by atoms with E-state index in [4.69, 9.17) is 4.74 Å². The van der Waals surface area contributed by atoms with Gasteiger partial charge in [0.25, 0.3) is 10.0 Å². The second kappa shape index (κ2) is 7.25. The highest BCUT2D eigenvalue weighted by Crippen LogP contribution is 2.34. The van der Waals surface area contributed by atoms with Gasteiger partial charge in [0, 0.05) is 23.3 Å². The largest absolute Gasteiger partial charge is 0.497 e. The molecule has 31 heavy (non-hydrogen) atoms. The maximum atomic E-state index is 13.4. The van der Waals surface area contributed by atoms with Crippen molar-refractivity contribution in [2.45, 2.75) is 11.8 Å². The van der Waals surface area contributed by atoms with Crippen molar-refractivity contribution in [3.8, 4) is 16.9 Å². The highest BCUT2D eigenvalue weighted by molar-refractivity contribution is 7.90. The molecule has 5 aromatic rings. The lowest BCUT2D eigenvalue weighted by atomic mass is 10.0. The van der Waals surface area contributed by atoms with Crippen LogP contribution in [0.25, 0.3) is 32.9 Å². The molecule has 0 unspecified atom stereocenters. The van der Waals surface area contributed by atoms with E-state index < -0.39 is 10.0 Å². The first-order chi connectivity index (χ1) is 15.0. The number of methoxy groups -OCH3 is 1. The van der Waals surface area contributed by atoms with Crippen molar-refractivity contribution in [2.75, 3.05) is 7.11 Å². The van der Waals surface area contributed by atoms with Gasteiger partial charge in [-0.2, -0.15) is 0 Å². The third-order valence-electron chi connectivity index (χ3n) is 5.47. The van der Waals surface area contributed by atoms with Crippen LogP contribution in [0, 0.1) is 6.92 Å². The Labute approximate surface area is 180 Å². The number of nitrogens with zero attached hydrogens (tertiary/aromatic N) is 2. The number of hydrogen-bond donors (Lipinski definition) is 0. The average Bonchev–Trinajstić information content (AvgIpc) is 3.19. The molecule has 0 atom stereocenters. The Kier molecular flexibility index (Phi) is 4.52. The topological polar surface area (TPSA) is 61.2 Å². The first kappa shape index (κ1) is 19.3. The van der Waals surface area contributed by atoms with Crippen LogP contribution in [0.1, 0.15) is 5.56 Å². The fourth-order valence-corrected chi connectivity index (χ4v) is 5.11. The summed E-state index contributed by atoms with van der Waals surface area (Å²) in [6.45, 7) is 1.93. The smallest absolute Gasteiger partial charge is 0.269 e. The first-order valence-corrected chi connectivity index (χ1v) is 11.3. The Morgan fingerprint density at radius 3 is 2.42 bits per heavy atom. The molecule has 154 valence electrons. The average molecular weight is 429 g/mol. The molecule has 0 radical (unpaired) electrons. The molecule has 0 N–H and O–H groups in total. The molecule has 0 aliphatic carbocycles. The highest BCUT2D eigenvalue weighted by atomic mass is 32.2. The van der Waals surface area contributed by atoms with Gasteiger partial charge in [0.2, 0.25) is 0 Å². The van der Waals surface area contributed by atoms with E-state index in [1.165, 1.54) is 3.97 Å². The van der Waals surface area contributed by atoms with Crippen LogP contribution in [0.3, 0.4) is 0 Å². The summed E-state index contributed by atoms with van der Waals surface area (Å²) in [7, 11) is -2.14. The number of aromatic nitrogens is 2. The van der Waals surface area contributed by atoms with Gasteiger partial charge in [-0.05, 0) is 65.7 Å². The Morgan fingerprint density at radius 1 is 0.903 bits per heavy atom. The molecule has 0 aliphatic rings. The van der Waals surface area contributed by atoms with Gasteiger partial charge in [0.05, 0.1) is 12.0 Å². The van der Waals surface area contributed by atoms with Crippen LogP contribution in [0.15, 0.2) is 90.1 Å². The second-order valence-corrected chi connectivity index (χ2v) is 9.27. The molecule has 0 fully saturated rings. The first-order valence-electron chi connectivity index (χ1n) is 9.84. The predicted octanol–water partition coefficient (Wildman–Crippen LogP) is 5.41. The van der Waals surface area contributed by atoms with Crippen molar-refractivity contribution >= 4 is 31.8 Å².